The molecule has 1 saturated carbocycles. The van der Waals surface area contributed by atoms with Gasteiger partial charge >= 0.3 is 0 Å². The quantitative estimate of drug-likeness (QED) is 0.183. The molecule has 2 heterocycles. The van der Waals surface area contributed by atoms with Gasteiger partial charge in [0.25, 0.3) is 5.91 Å². The number of para-hydroxylation sites is 1. The number of aldehydes is 1. The van der Waals surface area contributed by atoms with Gasteiger partial charge in [0.15, 0.2) is 12.1 Å². The van der Waals surface area contributed by atoms with Gasteiger partial charge in [0.05, 0.1) is 22.8 Å². The number of anilines is 4. The van der Waals surface area contributed by atoms with Crippen molar-refractivity contribution >= 4 is 57.1 Å². The zero-order valence-corrected chi connectivity index (χ0v) is 24.9. The first-order valence-corrected chi connectivity index (χ1v) is 15.0. The number of aliphatic imine (C=N–C) groups is 1. The molecule has 218 valence electrons. The Bertz CT molecular complexity index is 1360. The second-order valence-corrected chi connectivity index (χ2v) is 11.1. The number of hydrogen-bond donors (Lipinski definition) is 2. The molecule has 1 aliphatic carbocycles. The van der Waals surface area contributed by atoms with E-state index in [-0.39, 0.29) is 5.84 Å². The average molecular weight is 577 g/mol. The molecule has 0 unspecified atom stereocenters. The number of amides is 1. The van der Waals surface area contributed by atoms with Crippen LogP contribution in [-0.4, -0.2) is 62.3 Å². The van der Waals surface area contributed by atoms with Crippen LogP contribution in [0.1, 0.15) is 49.2 Å². The number of carbonyl (C=O) groups is 2. The normalized spacial score (nSPS) is 14.8. The van der Waals surface area contributed by atoms with Gasteiger partial charge in [0, 0.05) is 24.5 Å². The summed E-state index contributed by atoms with van der Waals surface area (Å²) in [6.07, 6.45) is 6.14. The van der Waals surface area contributed by atoms with Crippen LogP contribution in [0, 0.1) is 0 Å². The minimum absolute atomic E-state index is 0.179. The standard InChI is InChI=1S/C22H21N5O3S.C9H19N/c1-26(17-12-19(21(24)29)31-22(17)25-20(23)13-28)15-7-8-18-16(11-15)27(9-10-30-18)14-5-3-2-4-6-14;1-3-8-10(4-2)9-6-5-7-9/h2-8,11-13H,9-10H2,1H3,(H2,23,25)(H2,24,29);9H,3-8H2,1-2H3. The third kappa shape index (κ3) is 7.25. The lowest BCUT2D eigenvalue weighted by atomic mass is 9.91. The Labute approximate surface area is 246 Å². The molecule has 41 heavy (non-hydrogen) atoms. The Hall–Kier alpha value is -3.89. The van der Waals surface area contributed by atoms with Crippen molar-refractivity contribution in [1.29, 1.82) is 0 Å². The zero-order chi connectivity index (χ0) is 29.4. The largest absolute Gasteiger partial charge is 0.490 e. The molecule has 0 spiro atoms. The number of nitrogens with two attached hydrogens (primary N) is 2. The van der Waals surface area contributed by atoms with Gasteiger partial charge in [-0.2, -0.15) is 0 Å². The van der Waals surface area contributed by atoms with E-state index in [0.717, 1.165) is 46.7 Å². The maximum Gasteiger partial charge on any atom is 0.258 e. The van der Waals surface area contributed by atoms with Crippen LogP contribution in [0.4, 0.5) is 27.8 Å². The van der Waals surface area contributed by atoms with E-state index in [1.807, 2.05) is 48.3 Å². The van der Waals surface area contributed by atoms with Gasteiger partial charge in [-0.05, 0) is 68.8 Å². The van der Waals surface area contributed by atoms with E-state index in [4.69, 9.17) is 16.2 Å². The summed E-state index contributed by atoms with van der Waals surface area (Å²) in [4.78, 5) is 33.8. The van der Waals surface area contributed by atoms with Crippen molar-refractivity contribution in [3.05, 3.63) is 59.5 Å². The fraction of sp³-hybridized carbons (Fsp3) is 0.387. The highest BCUT2D eigenvalue weighted by Gasteiger charge is 2.23. The molecule has 2 aromatic carbocycles. The minimum atomic E-state index is -0.570. The lowest BCUT2D eigenvalue weighted by Gasteiger charge is -2.36. The first-order valence-electron chi connectivity index (χ1n) is 14.2. The molecule has 1 fully saturated rings. The van der Waals surface area contributed by atoms with Crippen molar-refractivity contribution < 1.29 is 14.3 Å². The number of fused-ring (bicyclic) bond motifs is 1. The molecule has 0 saturated heterocycles. The number of thiophene rings is 1. The minimum Gasteiger partial charge on any atom is -0.490 e. The first kappa shape index (κ1) is 30.1. The number of rotatable bonds is 10. The summed E-state index contributed by atoms with van der Waals surface area (Å²) in [6.45, 7) is 8.41. The monoisotopic (exact) mass is 576 g/mol. The van der Waals surface area contributed by atoms with Crippen molar-refractivity contribution in [3.63, 3.8) is 0 Å². The highest BCUT2D eigenvalue weighted by Crippen LogP contribution is 2.44. The SMILES string of the molecule is CCCN(CC)C1CCC1.CN(c1ccc2c(c1)N(c1ccccc1)CCO2)c1cc(C(N)=O)sc1/N=C(/N)C=O. The van der Waals surface area contributed by atoms with E-state index in [1.54, 1.807) is 6.07 Å². The number of carbonyl (C=O) groups excluding carboxylic acids is 2. The third-order valence-corrected chi connectivity index (χ3v) is 8.45. The van der Waals surface area contributed by atoms with Crippen LogP contribution in [0.15, 0.2) is 59.6 Å². The Morgan fingerprint density at radius 3 is 2.51 bits per heavy atom. The lowest BCUT2D eigenvalue weighted by Crippen LogP contribution is -2.40. The number of primary amides is 1. The van der Waals surface area contributed by atoms with Gasteiger partial charge < -0.3 is 30.9 Å². The van der Waals surface area contributed by atoms with Crippen LogP contribution >= 0.6 is 11.3 Å². The molecular formula is C31H40N6O3S. The Morgan fingerprint density at radius 2 is 1.90 bits per heavy atom. The maximum absolute atomic E-state index is 11.7. The third-order valence-electron chi connectivity index (χ3n) is 7.42. The molecule has 3 aromatic rings. The van der Waals surface area contributed by atoms with E-state index in [9.17, 15) is 9.59 Å². The van der Waals surface area contributed by atoms with Crippen molar-refractivity contribution in [1.82, 2.24) is 4.90 Å². The summed E-state index contributed by atoms with van der Waals surface area (Å²) < 4.78 is 5.85. The van der Waals surface area contributed by atoms with Gasteiger partial charge in [-0.15, -0.1) is 11.3 Å². The number of ether oxygens (including phenoxy) is 1. The summed E-state index contributed by atoms with van der Waals surface area (Å²) >= 11 is 1.08. The first-order chi connectivity index (χ1) is 19.9. The fourth-order valence-electron chi connectivity index (χ4n) is 5.03. The summed E-state index contributed by atoms with van der Waals surface area (Å²) in [5.74, 6) is 0.0420. The van der Waals surface area contributed by atoms with Crippen molar-refractivity contribution in [2.24, 2.45) is 16.5 Å². The molecule has 1 aromatic heterocycles. The topological polar surface area (TPSA) is 117 Å². The number of benzene rings is 2. The second-order valence-electron chi connectivity index (χ2n) is 10.1. The van der Waals surface area contributed by atoms with E-state index < -0.39 is 5.91 Å². The van der Waals surface area contributed by atoms with Crippen LogP contribution in [-0.2, 0) is 4.79 Å². The van der Waals surface area contributed by atoms with Crippen molar-refractivity contribution in [2.45, 2.75) is 45.6 Å². The zero-order valence-electron chi connectivity index (χ0n) is 24.1. The van der Waals surface area contributed by atoms with E-state index in [0.29, 0.717) is 28.5 Å². The summed E-state index contributed by atoms with van der Waals surface area (Å²) in [5, 5.41) is 0.426. The van der Waals surface area contributed by atoms with Crippen molar-refractivity contribution in [2.75, 3.05) is 43.1 Å². The number of nitrogens with zero attached hydrogens (tertiary/aromatic N) is 4. The highest BCUT2D eigenvalue weighted by atomic mass is 32.1. The fourth-order valence-corrected chi connectivity index (χ4v) is 5.96. The summed E-state index contributed by atoms with van der Waals surface area (Å²) in [5.41, 5.74) is 14.5. The molecule has 9 nitrogen and oxygen atoms in total. The summed E-state index contributed by atoms with van der Waals surface area (Å²) in [7, 11) is 1.85. The van der Waals surface area contributed by atoms with E-state index in [2.05, 4.69) is 40.8 Å². The molecule has 0 bridgehead atoms. The Morgan fingerprint density at radius 1 is 1.15 bits per heavy atom. The Kier molecular flexibility index (Phi) is 10.4. The van der Waals surface area contributed by atoms with Gasteiger partial charge in [0.2, 0.25) is 0 Å². The Balaban J connectivity index is 0.000000328. The molecule has 2 aliphatic rings. The molecule has 1 aliphatic heterocycles. The smallest absolute Gasteiger partial charge is 0.258 e. The van der Waals surface area contributed by atoms with Gasteiger partial charge in [-0.25, -0.2) is 4.99 Å². The molecule has 5 rings (SSSR count). The molecular weight excluding hydrogens is 536 g/mol. The van der Waals surface area contributed by atoms with Gasteiger partial charge in [-0.1, -0.05) is 38.5 Å². The average Bonchev–Trinajstić information content (AvgIpc) is 3.39. The van der Waals surface area contributed by atoms with Gasteiger partial charge in [0.1, 0.15) is 17.4 Å². The van der Waals surface area contributed by atoms with Crippen molar-refractivity contribution in [3.8, 4) is 5.75 Å². The number of amidine groups is 1. The molecule has 0 radical (unpaired) electrons. The second kappa shape index (κ2) is 14.1. The number of hydrogen-bond acceptors (Lipinski definition) is 8. The van der Waals surface area contributed by atoms with Crippen LogP contribution in [0.3, 0.4) is 0 Å². The predicted octanol–water partition coefficient (Wildman–Crippen LogP) is 5.60. The molecule has 10 heteroatoms. The molecule has 0 atom stereocenters. The maximum atomic E-state index is 11.7. The van der Waals surface area contributed by atoms with Crippen LogP contribution in [0.2, 0.25) is 0 Å². The predicted molar refractivity (Wildman–Crippen MR) is 169 cm³/mol. The molecule has 4 N–H and O–H groups in total. The van der Waals surface area contributed by atoms with Crippen LogP contribution in [0.5, 0.6) is 5.75 Å². The molecule has 1 amide bonds. The van der Waals surface area contributed by atoms with E-state index >= 15 is 0 Å². The van der Waals surface area contributed by atoms with E-state index in [1.165, 1.54) is 38.8 Å². The van der Waals surface area contributed by atoms with Gasteiger partial charge in [-0.3, -0.25) is 9.59 Å². The summed E-state index contributed by atoms with van der Waals surface area (Å²) in [6, 6.07) is 18.5. The van der Waals surface area contributed by atoms with Crippen LogP contribution < -0.4 is 26.0 Å². The highest BCUT2D eigenvalue weighted by molar-refractivity contribution is 7.18. The van der Waals surface area contributed by atoms with Crippen LogP contribution in [0.25, 0.3) is 0 Å². The lowest BCUT2D eigenvalue weighted by molar-refractivity contribution is -0.102.